The van der Waals surface area contributed by atoms with Gasteiger partial charge >= 0.3 is 0 Å². The molecule has 1 rings (SSSR count). The number of amides is 1. The number of carbonyl (C=O) groups is 1. The van der Waals surface area contributed by atoms with Gasteiger partial charge < -0.3 is 10.1 Å². The molecule has 0 spiro atoms. The molecule has 0 fully saturated rings. The fourth-order valence-electron chi connectivity index (χ4n) is 1.19. The summed E-state index contributed by atoms with van der Waals surface area (Å²) in [5.74, 6) is -0.315. The summed E-state index contributed by atoms with van der Waals surface area (Å²) in [4.78, 5) is 21.7. The number of benzene rings is 1. The Morgan fingerprint density at radius 1 is 1.47 bits per heavy atom. The zero-order valence-corrected chi connectivity index (χ0v) is 12.5. The highest BCUT2D eigenvalue weighted by atomic mass is 79.9. The number of nitro groups is 1. The van der Waals surface area contributed by atoms with Gasteiger partial charge in [0.05, 0.1) is 16.2 Å². The van der Waals surface area contributed by atoms with Crippen LogP contribution in [-0.2, 0) is 9.53 Å². The normalized spacial score (nSPS) is 11.2. The van der Waals surface area contributed by atoms with Crippen LogP contribution in [0.1, 0.15) is 20.8 Å². The van der Waals surface area contributed by atoms with E-state index < -0.39 is 10.5 Å². The van der Waals surface area contributed by atoms with Gasteiger partial charge in [-0.05, 0) is 42.8 Å². The molecule has 0 heterocycles. The van der Waals surface area contributed by atoms with Crippen LogP contribution < -0.4 is 5.32 Å². The third-order valence-corrected chi connectivity index (χ3v) is 2.73. The van der Waals surface area contributed by atoms with Crippen LogP contribution in [0, 0.1) is 10.1 Å². The third-order valence-electron chi connectivity index (χ3n) is 2.07. The lowest BCUT2D eigenvalue weighted by atomic mass is 10.2. The molecule has 1 amide bonds. The van der Waals surface area contributed by atoms with E-state index in [1.54, 1.807) is 0 Å². The molecule has 0 aliphatic carbocycles. The fraction of sp³-hybridized carbons (Fsp3) is 0.417. The molecule has 0 radical (unpaired) electrons. The van der Waals surface area contributed by atoms with Crippen molar-refractivity contribution in [1.29, 1.82) is 0 Å². The third kappa shape index (κ3) is 5.35. The van der Waals surface area contributed by atoms with Crippen LogP contribution in [0.15, 0.2) is 22.7 Å². The Morgan fingerprint density at radius 2 is 2.11 bits per heavy atom. The summed E-state index contributed by atoms with van der Waals surface area (Å²) < 4.78 is 5.78. The van der Waals surface area contributed by atoms with Crippen molar-refractivity contribution in [3.63, 3.8) is 0 Å². The lowest BCUT2D eigenvalue weighted by molar-refractivity contribution is -0.384. The van der Waals surface area contributed by atoms with Crippen LogP contribution in [0.25, 0.3) is 0 Å². The number of non-ortho nitro benzene ring substituents is 1. The number of anilines is 1. The van der Waals surface area contributed by atoms with E-state index in [9.17, 15) is 14.9 Å². The first-order chi connectivity index (χ1) is 8.69. The predicted octanol–water partition coefficient (Wildman–Crippen LogP) is 3.11. The first-order valence-electron chi connectivity index (χ1n) is 5.57. The van der Waals surface area contributed by atoms with Gasteiger partial charge in [0, 0.05) is 16.6 Å². The zero-order valence-electron chi connectivity index (χ0n) is 10.9. The Morgan fingerprint density at radius 3 is 2.58 bits per heavy atom. The largest absolute Gasteiger partial charge is 0.366 e. The Balaban J connectivity index is 2.67. The number of halogens is 1. The Labute approximate surface area is 119 Å². The van der Waals surface area contributed by atoms with Crippen LogP contribution in [-0.4, -0.2) is 23.0 Å². The topological polar surface area (TPSA) is 81.5 Å². The van der Waals surface area contributed by atoms with Gasteiger partial charge in [-0.3, -0.25) is 14.9 Å². The van der Waals surface area contributed by atoms with Crippen LogP contribution >= 0.6 is 15.9 Å². The maximum atomic E-state index is 11.6. The van der Waals surface area contributed by atoms with E-state index in [1.165, 1.54) is 18.2 Å². The smallest absolute Gasteiger partial charge is 0.270 e. The zero-order chi connectivity index (χ0) is 14.6. The van der Waals surface area contributed by atoms with Gasteiger partial charge in [0.15, 0.2) is 0 Å². The molecular weight excluding hydrogens is 316 g/mol. The van der Waals surface area contributed by atoms with Crippen molar-refractivity contribution in [3.05, 3.63) is 32.8 Å². The monoisotopic (exact) mass is 330 g/mol. The van der Waals surface area contributed by atoms with Crippen molar-refractivity contribution in [1.82, 2.24) is 0 Å². The van der Waals surface area contributed by atoms with Gasteiger partial charge in [0.25, 0.3) is 5.69 Å². The highest BCUT2D eigenvalue weighted by molar-refractivity contribution is 9.10. The lowest BCUT2D eigenvalue weighted by Crippen LogP contribution is -2.27. The molecule has 0 saturated heterocycles. The second-order valence-corrected chi connectivity index (χ2v) is 5.72. The van der Waals surface area contributed by atoms with E-state index in [0.29, 0.717) is 10.2 Å². The minimum atomic E-state index is -0.501. The highest BCUT2D eigenvalue weighted by Crippen LogP contribution is 2.27. The van der Waals surface area contributed by atoms with Gasteiger partial charge in [-0.25, -0.2) is 0 Å². The highest BCUT2D eigenvalue weighted by Gasteiger charge is 2.15. The van der Waals surface area contributed by atoms with Crippen molar-refractivity contribution in [2.45, 2.75) is 26.4 Å². The standard InChI is InChI=1S/C12H15BrN2O4/c1-12(2,3)19-7-11(16)14-10-5-4-8(15(17)18)6-9(10)13/h4-6H,7H2,1-3H3,(H,14,16). The molecule has 19 heavy (non-hydrogen) atoms. The summed E-state index contributed by atoms with van der Waals surface area (Å²) in [6.07, 6.45) is 0. The van der Waals surface area contributed by atoms with Crippen LogP contribution in [0.4, 0.5) is 11.4 Å². The average molecular weight is 331 g/mol. The van der Waals surface area contributed by atoms with Gasteiger partial charge in [-0.1, -0.05) is 0 Å². The first-order valence-corrected chi connectivity index (χ1v) is 6.36. The molecular formula is C12H15BrN2O4. The molecule has 0 atom stereocenters. The molecule has 0 bridgehead atoms. The second kappa shape index (κ2) is 6.12. The molecule has 1 N–H and O–H groups in total. The Kier molecular flexibility index (Phi) is 5.02. The number of nitrogens with one attached hydrogen (secondary N) is 1. The van der Waals surface area contributed by atoms with Crippen LogP contribution in [0.2, 0.25) is 0 Å². The van der Waals surface area contributed by atoms with E-state index in [1.807, 2.05) is 20.8 Å². The number of carbonyl (C=O) groups excluding carboxylic acids is 1. The molecule has 7 heteroatoms. The number of rotatable bonds is 4. The van der Waals surface area contributed by atoms with Crippen LogP contribution in [0.3, 0.4) is 0 Å². The number of hydrogen-bond donors (Lipinski definition) is 1. The SMILES string of the molecule is CC(C)(C)OCC(=O)Nc1ccc([N+](=O)[O-])cc1Br. The minimum Gasteiger partial charge on any atom is -0.366 e. The van der Waals surface area contributed by atoms with Gasteiger partial charge in [-0.15, -0.1) is 0 Å². The summed E-state index contributed by atoms with van der Waals surface area (Å²) in [7, 11) is 0. The molecule has 6 nitrogen and oxygen atoms in total. The number of ether oxygens (including phenoxy) is 1. The quantitative estimate of drug-likeness (QED) is 0.679. The molecule has 104 valence electrons. The van der Waals surface area contributed by atoms with Crippen molar-refractivity contribution in [2.24, 2.45) is 0 Å². The summed E-state index contributed by atoms with van der Waals surface area (Å²) in [5, 5.41) is 13.2. The average Bonchev–Trinajstić information content (AvgIpc) is 2.28. The van der Waals surface area contributed by atoms with E-state index in [-0.39, 0.29) is 18.2 Å². The van der Waals surface area contributed by atoms with Crippen molar-refractivity contribution < 1.29 is 14.5 Å². The van der Waals surface area contributed by atoms with Gasteiger partial charge in [0.2, 0.25) is 5.91 Å². The number of nitrogens with zero attached hydrogens (tertiary/aromatic N) is 1. The van der Waals surface area contributed by atoms with Crippen molar-refractivity contribution in [2.75, 3.05) is 11.9 Å². The predicted molar refractivity (Wildman–Crippen MR) is 75.1 cm³/mol. The molecule has 0 aromatic heterocycles. The van der Waals surface area contributed by atoms with E-state index in [0.717, 1.165) is 0 Å². The molecule has 0 saturated carbocycles. The summed E-state index contributed by atoms with van der Waals surface area (Å²) in [6, 6.07) is 4.13. The van der Waals surface area contributed by atoms with Crippen LogP contribution in [0.5, 0.6) is 0 Å². The maximum Gasteiger partial charge on any atom is 0.270 e. The fourth-order valence-corrected chi connectivity index (χ4v) is 1.65. The van der Waals surface area contributed by atoms with E-state index >= 15 is 0 Å². The van der Waals surface area contributed by atoms with Gasteiger partial charge in [0.1, 0.15) is 6.61 Å². The molecule has 0 unspecified atom stereocenters. The van der Waals surface area contributed by atoms with E-state index in [2.05, 4.69) is 21.2 Å². The Hall–Kier alpha value is -1.47. The van der Waals surface area contributed by atoms with Gasteiger partial charge in [-0.2, -0.15) is 0 Å². The molecule has 0 aliphatic rings. The van der Waals surface area contributed by atoms with Crippen molar-refractivity contribution in [3.8, 4) is 0 Å². The molecule has 1 aromatic carbocycles. The summed E-state index contributed by atoms with van der Waals surface area (Å²) >= 11 is 3.17. The van der Waals surface area contributed by atoms with Crippen molar-refractivity contribution >= 4 is 33.2 Å². The molecule has 0 aliphatic heterocycles. The minimum absolute atomic E-state index is 0.0455. The molecule has 1 aromatic rings. The lowest BCUT2D eigenvalue weighted by Gasteiger charge is -2.19. The van der Waals surface area contributed by atoms with E-state index in [4.69, 9.17) is 4.74 Å². The number of hydrogen-bond acceptors (Lipinski definition) is 4. The maximum absolute atomic E-state index is 11.6. The summed E-state index contributed by atoms with van der Waals surface area (Å²) in [6.45, 7) is 5.47. The first kappa shape index (κ1) is 15.6. The Bertz CT molecular complexity index is 497. The summed E-state index contributed by atoms with van der Waals surface area (Å²) in [5.41, 5.74) is 0.0215. The second-order valence-electron chi connectivity index (χ2n) is 4.87. The number of nitro benzene ring substituents is 1.